The van der Waals surface area contributed by atoms with Gasteiger partial charge in [-0.25, -0.2) is 0 Å². The van der Waals surface area contributed by atoms with Crippen LogP contribution in [0.5, 0.6) is 5.75 Å². The van der Waals surface area contributed by atoms with Crippen LogP contribution in [0.25, 0.3) is 10.9 Å². The van der Waals surface area contributed by atoms with Gasteiger partial charge in [-0.3, -0.25) is 47.9 Å². The number of aromatic nitrogens is 1. The monoisotopic (exact) mass is 998 g/mol. The van der Waals surface area contributed by atoms with Gasteiger partial charge in [0.05, 0.1) is 19.0 Å². The van der Waals surface area contributed by atoms with E-state index in [9.17, 15) is 58.2 Å². The molecule has 0 aliphatic carbocycles. The van der Waals surface area contributed by atoms with Crippen LogP contribution in [-0.2, 0) is 67.2 Å². The summed E-state index contributed by atoms with van der Waals surface area (Å²) in [6.45, 7) is 2.41. The smallest absolute Gasteiger partial charge is 0.305 e. The molecule has 0 radical (unpaired) electrons. The Balaban J connectivity index is 1.52. The number of carbonyl (C=O) groups is 10. The van der Waals surface area contributed by atoms with Gasteiger partial charge >= 0.3 is 11.9 Å². The van der Waals surface area contributed by atoms with Crippen LogP contribution in [0.4, 0.5) is 0 Å². The quantitative estimate of drug-likeness (QED) is 0.0320. The highest BCUT2D eigenvalue weighted by Gasteiger charge is 2.33. The van der Waals surface area contributed by atoms with Crippen molar-refractivity contribution >= 4 is 70.1 Å². The number of phenolic OH excluding ortho intramolecular Hbond substituents is 1. The summed E-state index contributed by atoms with van der Waals surface area (Å²) in [6.07, 6.45) is 0.792. The van der Waals surface area contributed by atoms with Crippen molar-refractivity contribution in [1.29, 1.82) is 0 Å². The van der Waals surface area contributed by atoms with Crippen molar-refractivity contribution in [2.45, 2.75) is 114 Å². The molecular weight excluding hydrogens is 937 g/mol. The van der Waals surface area contributed by atoms with Crippen molar-refractivity contribution in [3.8, 4) is 5.75 Å². The minimum atomic E-state index is -1.71. The summed E-state index contributed by atoms with van der Waals surface area (Å²) in [5, 5.41) is 46.6. The fourth-order valence-corrected chi connectivity index (χ4v) is 7.39. The molecule has 15 N–H and O–H groups in total. The second-order valence-corrected chi connectivity index (χ2v) is 17.1. The number of benzene rings is 3. The molecule has 0 saturated carbocycles. The van der Waals surface area contributed by atoms with Gasteiger partial charge in [-0.05, 0) is 54.7 Å². The van der Waals surface area contributed by atoms with Crippen molar-refractivity contribution < 1.29 is 63.3 Å². The van der Waals surface area contributed by atoms with E-state index in [0.29, 0.717) is 40.4 Å². The number of primary amides is 1. The van der Waals surface area contributed by atoms with E-state index in [1.54, 1.807) is 60.8 Å². The molecule has 23 heteroatoms. The highest BCUT2D eigenvalue weighted by atomic mass is 16.4. The number of carboxylic acid groups (broad SMARTS) is 2. The maximum atomic E-state index is 14.3. The van der Waals surface area contributed by atoms with Gasteiger partial charge in [0, 0.05) is 42.8 Å². The van der Waals surface area contributed by atoms with Crippen LogP contribution < -0.4 is 48.7 Å². The molecule has 4 rings (SSSR count). The Morgan fingerprint density at radius 2 is 1.17 bits per heavy atom. The summed E-state index contributed by atoms with van der Waals surface area (Å²) in [6, 6.07) is 11.8. The average Bonchev–Trinajstić information content (AvgIpc) is 3.75. The van der Waals surface area contributed by atoms with Gasteiger partial charge in [0.25, 0.3) is 0 Å². The van der Waals surface area contributed by atoms with Crippen molar-refractivity contribution in [1.82, 2.24) is 42.2 Å². The van der Waals surface area contributed by atoms with Crippen molar-refractivity contribution in [2.75, 3.05) is 6.54 Å². The number of carbonyl (C=O) groups excluding carboxylic acids is 8. The molecule has 8 amide bonds. The van der Waals surface area contributed by atoms with Crippen LogP contribution in [0.1, 0.15) is 69.1 Å². The molecular formula is C49H62N10O13. The lowest BCUT2D eigenvalue weighted by Crippen LogP contribution is -2.59. The van der Waals surface area contributed by atoms with Crippen LogP contribution >= 0.6 is 0 Å². The fraction of sp³-hybridized carbons (Fsp3) is 0.388. The normalized spacial score (nSPS) is 13.9. The number of hydrogen-bond donors (Lipinski definition) is 13. The van der Waals surface area contributed by atoms with E-state index in [1.165, 1.54) is 31.2 Å². The average molecular weight is 999 g/mol. The maximum Gasteiger partial charge on any atom is 0.305 e. The molecule has 0 aliphatic rings. The Morgan fingerprint density at radius 1 is 0.597 bits per heavy atom. The summed E-state index contributed by atoms with van der Waals surface area (Å²) in [5.41, 5.74) is 13.8. The van der Waals surface area contributed by atoms with E-state index in [2.05, 4.69) is 42.2 Å². The number of nitrogens with two attached hydrogens (primary N) is 2. The van der Waals surface area contributed by atoms with E-state index < -0.39 is 114 Å². The lowest BCUT2D eigenvalue weighted by molar-refractivity contribution is -0.141. The predicted molar refractivity (Wildman–Crippen MR) is 260 cm³/mol. The second kappa shape index (κ2) is 27.7. The first-order valence-electron chi connectivity index (χ1n) is 23.2. The molecule has 4 aromatic rings. The maximum absolute atomic E-state index is 14.3. The molecule has 7 atom stereocenters. The van der Waals surface area contributed by atoms with E-state index in [-0.39, 0.29) is 44.3 Å². The molecule has 386 valence electrons. The topological polar surface area (TPSA) is 383 Å². The number of unbranched alkanes of at least 4 members (excludes halogenated alkanes) is 1. The number of aliphatic carboxylic acids is 2. The van der Waals surface area contributed by atoms with Gasteiger partial charge in [0.2, 0.25) is 47.3 Å². The van der Waals surface area contributed by atoms with Gasteiger partial charge in [-0.1, -0.05) is 80.4 Å². The number of phenols is 1. The van der Waals surface area contributed by atoms with Gasteiger partial charge < -0.3 is 69.0 Å². The minimum Gasteiger partial charge on any atom is -0.508 e. The molecule has 1 heterocycles. The Hall–Kier alpha value is -8.34. The molecule has 3 aromatic carbocycles. The molecule has 1 aromatic heterocycles. The van der Waals surface area contributed by atoms with Crippen molar-refractivity contribution in [2.24, 2.45) is 11.5 Å². The lowest BCUT2D eigenvalue weighted by atomic mass is 10.0. The van der Waals surface area contributed by atoms with Gasteiger partial charge in [-0.2, -0.15) is 0 Å². The lowest BCUT2D eigenvalue weighted by Gasteiger charge is -2.26. The summed E-state index contributed by atoms with van der Waals surface area (Å²) in [7, 11) is 0. The van der Waals surface area contributed by atoms with Crippen LogP contribution in [0.3, 0.4) is 0 Å². The number of H-pyrrole nitrogens is 1. The highest BCUT2D eigenvalue weighted by molar-refractivity contribution is 5.98. The molecule has 0 saturated heterocycles. The number of hydrogen-bond acceptors (Lipinski definition) is 12. The zero-order valence-corrected chi connectivity index (χ0v) is 39.8. The Kier molecular flexibility index (Phi) is 21.7. The number of rotatable bonds is 29. The van der Waals surface area contributed by atoms with Crippen LogP contribution in [0, 0.1) is 0 Å². The summed E-state index contributed by atoms with van der Waals surface area (Å²) in [4.78, 5) is 133. The van der Waals surface area contributed by atoms with Crippen molar-refractivity contribution in [3.05, 3.63) is 102 Å². The zero-order chi connectivity index (χ0) is 52.9. The largest absolute Gasteiger partial charge is 0.508 e. The molecule has 0 unspecified atom stereocenters. The molecule has 0 bridgehead atoms. The molecule has 0 spiro atoms. The van der Waals surface area contributed by atoms with E-state index in [1.807, 2.05) is 6.92 Å². The number of nitrogens with one attached hydrogen (secondary N) is 8. The minimum absolute atomic E-state index is 0.0190. The van der Waals surface area contributed by atoms with Crippen molar-refractivity contribution in [3.63, 3.8) is 0 Å². The molecule has 23 nitrogen and oxygen atoms in total. The third kappa shape index (κ3) is 18.2. The SMILES string of the molecule is CCCC[C@H](NC(=O)[C@H](Cc1c[nH]c2ccccc12)NC(=O)CNC(=O)[C@H](Cc1ccc(O)cc1)NC(=O)[C@H](C)NC(=O)[C@@H](N)CCC(=O)O)C(=O)N[C@@H](CC(=O)O)C(=O)N[C@@H](Cc1ccccc1)C(N)=O. The number of fused-ring (bicyclic) bond motifs is 1. The third-order valence-electron chi connectivity index (χ3n) is 11.4. The number of aromatic hydroxyl groups is 1. The van der Waals surface area contributed by atoms with Gasteiger partial charge in [0.15, 0.2) is 0 Å². The molecule has 0 aliphatic heterocycles. The van der Waals surface area contributed by atoms with E-state index in [0.717, 1.165) is 0 Å². The van der Waals surface area contributed by atoms with Crippen LogP contribution in [0.15, 0.2) is 85.1 Å². The van der Waals surface area contributed by atoms with Gasteiger partial charge in [0.1, 0.15) is 42.0 Å². The van der Waals surface area contributed by atoms with Gasteiger partial charge in [-0.15, -0.1) is 0 Å². The van der Waals surface area contributed by atoms with Crippen LogP contribution in [-0.4, -0.2) is 128 Å². The fourth-order valence-electron chi connectivity index (χ4n) is 7.39. The Morgan fingerprint density at radius 3 is 1.82 bits per heavy atom. The third-order valence-corrected chi connectivity index (χ3v) is 11.4. The zero-order valence-electron chi connectivity index (χ0n) is 39.8. The Bertz CT molecular complexity index is 2550. The summed E-state index contributed by atoms with van der Waals surface area (Å²) in [5.74, 6) is -9.78. The second-order valence-electron chi connectivity index (χ2n) is 17.1. The van der Waals surface area contributed by atoms with E-state index >= 15 is 0 Å². The number of para-hydroxylation sites is 1. The molecule has 72 heavy (non-hydrogen) atoms. The highest BCUT2D eigenvalue weighted by Crippen LogP contribution is 2.20. The first-order valence-corrected chi connectivity index (χ1v) is 23.2. The predicted octanol–water partition coefficient (Wildman–Crippen LogP) is -0.711. The number of aromatic amines is 1. The van der Waals surface area contributed by atoms with E-state index in [4.69, 9.17) is 16.6 Å². The Labute approximate surface area is 414 Å². The van der Waals surface area contributed by atoms with Crippen LogP contribution in [0.2, 0.25) is 0 Å². The first kappa shape index (κ1) is 56.2. The standard InChI is InChI=1S/C49H62N10O13/c1-3-4-13-35(47(70)59-39(24-42(64)65)49(72)57-36(43(51)66)21-28-10-6-5-7-11-28)56-48(71)38(23-30-25-52-34-14-9-8-12-32(30)34)55-40(61)26-53-46(69)37(22-29-15-17-31(60)18-16-29)58-44(67)27(2)54-45(68)33(50)19-20-41(62)63/h5-12,14-18,25,27,33,35-39,52,60H,3-4,13,19-24,26,50H2,1-2H3,(H2,51,66)(H,53,69)(H,54,68)(H,55,61)(H,56,71)(H,57,72)(H,58,67)(H,59,70)(H,62,63)(H,64,65)/t27-,33-,35-,36-,37-,38-,39-/m0/s1. The summed E-state index contributed by atoms with van der Waals surface area (Å²) < 4.78 is 0. The summed E-state index contributed by atoms with van der Waals surface area (Å²) >= 11 is 0. The number of amides is 8. The number of carboxylic acids is 2. The molecule has 0 fully saturated rings. The first-order chi connectivity index (χ1) is 34.2.